The smallest absolute Gasteiger partial charge is 0.265 e. The van der Waals surface area contributed by atoms with E-state index < -0.39 is 0 Å². The zero-order valence-electron chi connectivity index (χ0n) is 12.7. The van der Waals surface area contributed by atoms with Gasteiger partial charge in [-0.05, 0) is 43.2 Å². The lowest BCUT2D eigenvalue weighted by molar-refractivity contribution is 0.0940. The Morgan fingerprint density at radius 2 is 2.04 bits per heavy atom. The maximum absolute atomic E-state index is 12.5. The number of pyridine rings is 1. The number of aromatic nitrogens is 1. The zero-order valence-corrected chi connectivity index (χ0v) is 13.5. The van der Waals surface area contributed by atoms with Crippen molar-refractivity contribution in [1.29, 1.82) is 0 Å². The maximum atomic E-state index is 12.5. The van der Waals surface area contributed by atoms with Crippen LogP contribution in [0.3, 0.4) is 0 Å². The second-order valence-corrected chi connectivity index (χ2v) is 6.71. The third-order valence-corrected chi connectivity index (χ3v) is 5.04. The molecule has 0 radical (unpaired) electrons. The summed E-state index contributed by atoms with van der Waals surface area (Å²) in [5.74, 6) is 0.0557. The molecule has 4 rings (SSSR count). The summed E-state index contributed by atoms with van der Waals surface area (Å²) in [4.78, 5) is 18.6. The number of hydrogen-bond donors (Lipinski definition) is 3. The van der Waals surface area contributed by atoms with Gasteiger partial charge in [-0.2, -0.15) is 0 Å². The molecular formula is C17H15N3O2S. The average Bonchev–Trinajstić information content (AvgIpc) is 2.86. The highest BCUT2D eigenvalue weighted by Gasteiger charge is 2.29. The fourth-order valence-electron chi connectivity index (χ4n) is 2.99. The monoisotopic (exact) mass is 325 g/mol. The van der Waals surface area contributed by atoms with Crippen LogP contribution in [-0.2, 0) is 0 Å². The lowest BCUT2D eigenvalue weighted by atomic mass is 10.1. The van der Waals surface area contributed by atoms with E-state index in [2.05, 4.69) is 15.6 Å². The van der Waals surface area contributed by atoms with Gasteiger partial charge >= 0.3 is 0 Å². The summed E-state index contributed by atoms with van der Waals surface area (Å²) in [6.45, 7) is 3.98. The first kappa shape index (κ1) is 14.0. The van der Waals surface area contributed by atoms with Crippen LogP contribution in [0, 0.1) is 13.8 Å². The number of benzene rings is 1. The van der Waals surface area contributed by atoms with Crippen LogP contribution in [0.4, 0.5) is 5.69 Å². The van der Waals surface area contributed by atoms with Gasteiger partial charge in [-0.1, -0.05) is 12.1 Å². The molecule has 116 valence electrons. The number of aryl methyl sites for hydroxylation is 2. The molecule has 0 aliphatic carbocycles. The zero-order chi connectivity index (χ0) is 16.1. The van der Waals surface area contributed by atoms with Crippen molar-refractivity contribution >= 4 is 33.1 Å². The number of aromatic hydroxyl groups is 1. The summed E-state index contributed by atoms with van der Waals surface area (Å²) in [6, 6.07) is 8.90. The van der Waals surface area contributed by atoms with Crippen LogP contribution in [0.2, 0.25) is 0 Å². The third-order valence-electron chi connectivity index (χ3n) is 3.96. The van der Waals surface area contributed by atoms with Crippen molar-refractivity contribution < 1.29 is 9.90 Å². The molecule has 3 aromatic rings. The molecule has 1 amide bonds. The van der Waals surface area contributed by atoms with Crippen molar-refractivity contribution in [2.75, 3.05) is 5.32 Å². The summed E-state index contributed by atoms with van der Waals surface area (Å²) < 4.78 is 0. The topological polar surface area (TPSA) is 74.2 Å². The Morgan fingerprint density at radius 1 is 1.22 bits per heavy atom. The maximum Gasteiger partial charge on any atom is 0.265 e. The first-order chi connectivity index (χ1) is 11.0. The SMILES string of the molecule is Cc1cc(C)c2c3c(sc2n1)C(=O)N[C@@H](c1cccc(O)c1)N3. The highest BCUT2D eigenvalue weighted by atomic mass is 32.1. The van der Waals surface area contributed by atoms with Gasteiger partial charge in [0.15, 0.2) is 0 Å². The first-order valence-corrected chi connectivity index (χ1v) is 8.11. The van der Waals surface area contributed by atoms with Gasteiger partial charge in [-0.3, -0.25) is 4.79 Å². The molecule has 3 N–H and O–H groups in total. The summed E-state index contributed by atoms with van der Waals surface area (Å²) in [5.41, 5.74) is 3.67. The number of nitrogens with one attached hydrogen (secondary N) is 2. The third kappa shape index (κ3) is 2.22. The van der Waals surface area contributed by atoms with Crippen molar-refractivity contribution in [3.8, 4) is 5.75 Å². The number of carbonyl (C=O) groups is 1. The molecule has 0 fully saturated rings. The molecular weight excluding hydrogens is 310 g/mol. The van der Waals surface area contributed by atoms with Gasteiger partial charge in [0.05, 0.1) is 5.69 Å². The molecule has 3 heterocycles. The minimum atomic E-state index is -0.374. The standard InChI is InChI=1S/C17H15N3O2S/c1-8-6-9(2)18-17-12(8)13-14(23-17)16(22)20-15(19-13)10-4-3-5-11(21)7-10/h3-7,15,19,21H,1-2H3,(H,20,22)/t15-/m0/s1. The molecule has 0 unspecified atom stereocenters. The number of nitrogens with zero attached hydrogens (tertiary/aromatic N) is 1. The molecule has 0 saturated carbocycles. The van der Waals surface area contributed by atoms with Gasteiger partial charge in [-0.25, -0.2) is 4.98 Å². The molecule has 0 saturated heterocycles. The molecule has 23 heavy (non-hydrogen) atoms. The highest BCUT2D eigenvalue weighted by Crippen LogP contribution is 2.41. The summed E-state index contributed by atoms with van der Waals surface area (Å²) in [5, 5.41) is 17.0. The Bertz CT molecular complexity index is 948. The largest absolute Gasteiger partial charge is 0.508 e. The molecule has 1 atom stereocenters. The summed E-state index contributed by atoms with van der Waals surface area (Å²) >= 11 is 1.40. The Kier molecular flexibility index (Phi) is 3.02. The Labute approximate surface area is 137 Å². The molecule has 2 aromatic heterocycles. The molecule has 1 aliphatic heterocycles. The van der Waals surface area contributed by atoms with Gasteiger partial charge in [0, 0.05) is 11.1 Å². The van der Waals surface area contributed by atoms with E-state index in [1.165, 1.54) is 11.3 Å². The first-order valence-electron chi connectivity index (χ1n) is 7.30. The lowest BCUT2D eigenvalue weighted by Crippen LogP contribution is -2.37. The van der Waals surface area contributed by atoms with Gasteiger partial charge in [0.25, 0.3) is 5.91 Å². The second-order valence-electron chi connectivity index (χ2n) is 5.71. The Morgan fingerprint density at radius 3 is 2.83 bits per heavy atom. The van der Waals surface area contributed by atoms with Crippen LogP contribution in [0.5, 0.6) is 5.75 Å². The predicted molar refractivity (Wildman–Crippen MR) is 91.0 cm³/mol. The van der Waals surface area contributed by atoms with E-state index in [9.17, 15) is 9.90 Å². The van der Waals surface area contributed by atoms with E-state index in [1.807, 2.05) is 26.0 Å². The number of phenols is 1. The quantitative estimate of drug-likeness (QED) is 0.640. The van der Waals surface area contributed by atoms with Crippen LogP contribution in [0.1, 0.15) is 32.7 Å². The number of hydrogen-bond acceptors (Lipinski definition) is 5. The summed E-state index contributed by atoms with van der Waals surface area (Å²) in [6.07, 6.45) is -0.374. The van der Waals surface area contributed by atoms with Crippen LogP contribution in [0.15, 0.2) is 30.3 Å². The van der Waals surface area contributed by atoms with Gasteiger partial charge in [0.2, 0.25) is 0 Å². The van der Waals surface area contributed by atoms with Gasteiger partial charge in [0.1, 0.15) is 21.6 Å². The molecule has 5 nitrogen and oxygen atoms in total. The molecule has 1 aliphatic rings. The number of thiophene rings is 1. The number of anilines is 1. The highest BCUT2D eigenvalue weighted by molar-refractivity contribution is 7.21. The minimum Gasteiger partial charge on any atom is -0.508 e. The molecule has 6 heteroatoms. The van der Waals surface area contributed by atoms with E-state index in [4.69, 9.17) is 0 Å². The van der Waals surface area contributed by atoms with Crippen molar-refractivity contribution in [2.24, 2.45) is 0 Å². The number of phenolic OH excluding ortho intramolecular Hbond substituents is 1. The lowest BCUT2D eigenvalue weighted by Gasteiger charge is -2.26. The Balaban J connectivity index is 1.86. The molecule has 0 bridgehead atoms. The fourth-order valence-corrected chi connectivity index (χ4v) is 4.15. The van der Waals surface area contributed by atoms with Crippen molar-refractivity contribution in [3.63, 3.8) is 0 Å². The van der Waals surface area contributed by atoms with E-state index in [0.717, 1.165) is 32.7 Å². The van der Waals surface area contributed by atoms with Crippen LogP contribution in [-0.4, -0.2) is 16.0 Å². The predicted octanol–water partition coefficient (Wildman–Crippen LogP) is 3.47. The number of fused-ring (bicyclic) bond motifs is 3. The summed E-state index contributed by atoms with van der Waals surface area (Å²) in [7, 11) is 0. The molecule has 0 spiro atoms. The number of carbonyl (C=O) groups excluding carboxylic acids is 1. The van der Waals surface area contributed by atoms with Crippen molar-refractivity contribution in [1.82, 2.24) is 10.3 Å². The van der Waals surface area contributed by atoms with E-state index in [1.54, 1.807) is 18.2 Å². The van der Waals surface area contributed by atoms with Crippen molar-refractivity contribution in [3.05, 3.63) is 52.0 Å². The van der Waals surface area contributed by atoms with Crippen LogP contribution >= 0.6 is 11.3 Å². The minimum absolute atomic E-state index is 0.118. The van der Waals surface area contributed by atoms with Crippen molar-refractivity contribution in [2.45, 2.75) is 20.0 Å². The average molecular weight is 325 g/mol. The van der Waals surface area contributed by atoms with E-state index >= 15 is 0 Å². The number of rotatable bonds is 1. The van der Waals surface area contributed by atoms with E-state index in [0.29, 0.717) is 4.88 Å². The van der Waals surface area contributed by atoms with Gasteiger partial charge in [-0.15, -0.1) is 11.3 Å². The van der Waals surface area contributed by atoms with Crippen LogP contribution in [0.25, 0.3) is 10.2 Å². The molecule has 1 aromatic carbocycles. The second kappa shape index (κ2) is 4.96. The Hall–Kier alpha value is -2.60. The fraction of sp³-hybridized carbons (Fsp3) is 0.176. The van der Waals surface area contributed by atoms with Gasteiger partial charge < -0.3 is 15.7 Å². The van der Waals surface area contributed by atoms with Crippen LogP contribution < -0.4 is 10.6 Å². The normalized spacial score (nSPS) is 16.8. The van der Waals surface area contributed by atoms with E-state index in [-0.39, 0.29) is 17.8 Å². The number of amides is 1.